The van der Waals surface area contributed by atoms with E-state index in [0.717, 1.165) is 4.31 Å². The normalized spacial score (nSPS) is 11.1. The first kappa shape index (κ1) is 24.4. The predicted molar refractivity (Wildman–Crippen MR) is 125 cm³/mol. The molecule has 3 rings (SSSR count). The summed E-state index contributed by atoms with van der Waals surface area (Å²) >= 11 is 0. The summed E-state index contributed by atoms with van der Waals surface area (Å²) in [7, 11) is -2.76. The van der Waals surface area contributed by atoms with Gasteiger partial charge in [-0.05, 0) is 54.1 Å². The molecule has 1 amide bonds. The van der Waals surface area contributed by atoms with Crippen LogP contribution in [0.4, 0.5) is 5.82 Å². The van der Waals surface area contributed by atoms with E-state index in [0.29, 0.717) is 11.3 Å². The van der Waals surface area contributed by atoms with Crippen molar-refractivity contribution in [2.45, 2.75) is 4.90 Å². The van der Waals surface area contributed by atoms with Crippen LogP contribution in [0.3, 0.4) is 0 Å². The van der Waals surface area contributed by atoms with Gasteiger partial charge in [-0.1, -0.05) is 24.3 Å². The maximum Gasteiger partial charge on any atom is 0.343 e. The molecule has 0 spiro atoms. The summed E-state index contributed by atoms with van der Waals surface area (Å²) in [5.41, 5.74) is 2.96. The number of amides is 1. The van der Waals surface area contributed by atoms with Gasteiger partial charge in [-0.3, -0.25) is 4.79 Å². The Bertz CT molecular complexity index is 1230. The van der Waals surface area contributed by atoms with Crippen molar-refractivity contribution in [3.63, 3.8) is 0 Å². The predicted octanol–water partition coefficient (Wildman–Crippen LogP) is 1.98. The van der Waals surface area contributed by atoms with Crippen LogP contribution in [-0.2, 0) is 24.3 Å². The molecule has 0 saturated carbocycles. The average molecular weight is 483 g/mol. The fourth-order valence-electron chi connectivity index (χ4n) is 2.71. The topological polar surface area (TPSA) is 127 Å². The summed E-state index contributed by atoms with van der Waals surface area (Å²) in [5, 5.41) is 3.88. The van der Waals surface area contributed by atoms with Crippen molar-refractivity contribution in [1.82, 2.24) is 10.4 Å². The van der Waals surface area contributed by atoms with E-state index in [-0.39, 0.29) is 17.3 Å². The SMILES string of the molecule is COC(=O)COc1ccc(/C=N\NC(=O)CN(c2ccccn2)S(=O)(=O)c2ccccc2)cc1. The Morgan fingerprint density at radius 2 is 1.74 bits per heavy atom. The maximum atomic E-state index is 13.1. The van der Waals surface area contributed by atoms with Crippen LogP contribution in [0.2, 0.25) is 0 Å². The molecule has 0 fully saturated rings. The van der Waals surface area contributed by atoms with Crippen molar-refractivity contribution in [2.75, 3.05) is 24.6 Å². The molecule has 0 aliphatic carbocycles. The fourth-order valence-corrected chi connectivity index (χ4v) is 4.10. The van der Waals surface area contributed by atoms with Crippen molar-refractivity contribution in [3.05, 3.63) is 84.6 Å². The molecule has 0 aliphatic heterocycles. The maximum absolute atomic E-state index is 13.1. The summed E-state index contributed by atoms with van der Waals surface area (Å²) in [5.74, 6) is -0.585. The second-order valence-corrected chi connectivity index (χ2v) is 8.60. The lowest BCUT2D eigenvalue weighted by Gasteiger charge is -2.22. The molecule has 1 aromatic heterocycles. The quantitative estimate of drug-likeness (QED) is 0.266. The highest BCUT2D eigenvalue weighted by molar-refractivity contribution is 7.92. The van der Waals surface area contributed by atoms with E-state index >= 15 is 0 Å². The van der Waals surface area contributed by atoms with Gasteiger partial charge in [0.25, 0.3) is 15.9 Å². The third kappa shape index (κ3) is 6.62. The molecule has 1 heterocycles. The second kappa shape index (κ2) is 11.6. The molecule has 0 saturated heterocycles. The highest BCUT2D eigenvalue weighted by Gasteiger charge is 2.27. The standard InChI is InChI=1S/C23H22N4O6S/c1-32-23(29)17-33-19-12-10-18(11-13-19)15-25-26-22(28)16-27(21-9-5-6-14-24-21)34(30,31)20-7-3-2-4-8-20/h2-15H,16-17H2,1H3,(H,26,28)/b25-15-. The number of methoxy groups -OCH3 is 1. The lowest BCUT2D eigenvalue weighted by molar-refractivity contribution is -0.142. The number of esters is 1. The summed E-state index contributed by atoms with van der Waals surface area (Å²) in [6, 6.07) is 19.1. The lowest BCUT2D eigenvalue weighted by atomic mass is 10.2. The minimum Gasteiger partial charge on any atom is -0.482 e. The largest absolute Gasteiger partial charge is 0.482 e. The van der Waals surface area contributed by atoms with Crippen LogP contribution < -0.4 is 14.5 Å². The van der Waals surface area contributed by atoms with Gasteiger partial charge in [0.05, 0.1) is 18.2 Å². The van der Waals surface area contributed by atoms with E-state index < -0.39 is 28.4 Å². The number of hydrogen-bond acceptors (Lipinski definition) is 8. The Labute approximate surface area is 196 Å². The molecule has 0 bridgehead atoms. The van der Waals surface area contributed by atoms with Crippen LogP contribution in [0.15, 0.2) is 89.0 Å². The lowest BCUT2D eigenvalue weighted by Crippen LogP contribution is -2.40. The van der Waals surface area contributed by atoms with Crippen molar-refractivity contribution >= 4 is 33.9 Å². The zero-order valence-corrected chi connectivity index (χ0v) is 19.0. The number of benzene rings is 2. The van der Waals surface area contributed by atoms with Crippen LogP contribution in [0.1, 0.15) is 5.56 Å². The zero-order chi connectivity index (χ0) is 24.4. The van der Waals surface area contributed by atoms with E-state index in [1.54, 1.807) is 54.6 Å². The molecule has 1 N–H and O–H groups in total. The Morgan fingerprint density at radius 1 is 1.03 bits per heavy atom. The molecular formula is C23H22N4O6S. The van der Waals surface area contributed by atoms with Gasteiger partial charge in [0.1, 0.15) is 18.1 Å². The van der Waals surface area contributed by atoms with Gasteiger partial charge in [-0.2, -0.15) is 5.10 Å². The Balaban J connectivity index is 1.66. The molecule has 2 aromatic carbocycles. The number of ether oxygens (including phenoxy) is 2. The van der Waals surface area contributed by atoms with Gasteiger partial charge in [-0.15, -0.1) is 0 Å². The molecule has 0 radical (unpaired) electrons. The first-order valence-corrected chi connectivity index (χ1v) is 11.4. The molecule has 34 heavy (non-hydrogen) atoms. The third-order valence-corrected chi connectivity index (χ3v) is 6.15. The average Bonchev–Trinajstić information content (AvgIpc) is 2.87. The summed E-state index contributed by atoms with van der Waals surface area (Å²) in [6.45, 7) is -0.732. The number of carbonyl (C=O) groups excluding carboxylic acids is 2. The number of pyridine rings is 1. The third-order valence-electron chi connectivity index (χ3n) is 4.39. The van der Waals surface area contributed by atoms with Crippen molar-refractivity contribution < 1.29 is 27.5 Å². The van der Waals surface area contributed by atoms with Gasteiger partial charge in [0, 0.05) is 6.20 Å². The summed E-state index contributed by atoms with van der Waals surface area (Å²) in [4.78, 5) is 27.7. The van der Waals surface area contributed by atoms with Crippen molar-refractivity contribution in [2.24, 2.45) is 5.10 Å². The van der Waals surface area contributed by atoms with E-state index in [4.69, 9.17) is 4.74 Å². The fraction of sp³-hybridized carbons (Fsp3) is 0.130. The minimum atomic E-state index is -4.03. The number of nitrogens with zero attached hydrogens (tertiary/aromatic N) is 3. The minimum absolute atomic E-state index is 0.0338. The highest BCUT2D eigenvalue weighted by atomic mass is 32.2. The first-order valence-electron chi connectivity index (χ1n) is 10.0. The van der Waals surface area contributed by atoms with Gasteiger partial charge >= 0.3 is 5.97 Å². The van der Waals surface area contributed by atoms with Crippen LogP contribution in [0.5, 0.6) is 5.75 Å². The number of hydrogen-bond donors (Lipinski definition) is 1. The van der Waals surface area contributed by atoms with Crippen LogP contribution >= 0.6 is 0 Å². The zero-order valence-electron chi connectivity index (χ0n) is 18.2. The molecule has 0 atom stereocenters. The number of rotatable bonds is 10. The smallest absolute Gasteiger partial charge is 0.343 e. The van der Waals surface area contributed by atoms with E-state index in [1.165, 1.54) is 37.7 Å². The summed E-state index contributed by atoms with van der Waals surface area (Å²) < 4.78 is 36.9. The monoisotopic (exact) mass is 482 g/mol. The first-order chi connectivity index (χ1) is 16.4. The van der Waals surface area contributed by atoms with Crippen molar-refractivity contribution in [3.8, 4) is 5.75 Å². The highest BCUT2D eigenvalue weighted by Crippen LogP contribution is 2.21. The Hall–Kier alpha value is -4.25. The molecular weight excluding hydrogens is 460 g/mol. The molecule has 10 nitrogen and oxygen atoms in total. The van der Waals surface area contributed by atoms with Crippen LogP contribution in [0.25, 0.3) is 0 Å². The molecule has 11 heteroatoms. The number of aromatic nitrogens is 1. The second-order valence-electron chi connectivity index (χ2n) is 6.74. The van der Waals surface area contributed by atoms with E-state index in [1.807, 2.05) is 0 Å². The molecule has 3 aromatic rings. The van der Waals surface area contributed by atoms with E-state index in [2.05, 4.69) is 20.2 Å². The van der Waals surface area contributed by atoms with Gasteiger partial charge in [0.15, 0.2) is 6.61 Å². The Kier molecular flexibility index (Phi) is 8.30. The van der Waals surface area contributed by atoms with Gasteiger partial charge < -0.3 is 9.47 Å². The van der Waals surface area contributed by atoms with Gasteiger partial charge in [0.2, 0.25) is 0 Å². The number of carbonyl (C=O) groups is 2. The van der Waals surface area contributed by atoms with Gasteiger partial charge in [-0.25, -0.2) is 27.9 Å². The molecule has 0 aliphatic rings. The Morgan fingerprint density at radius 3 is 2.38 bits per heavy atom. The summed E-state index contributed by atoms with van der Waals surface area (Å²) in [6.07, 6.45) is 2.83. The number of hydrazone groups is 1. The number of sulfonamides is 1. The van der Waals surface area contributed by atoms with Crippen molar-refractivity contribution in [1.29, 1.82) is 0 Å². The number of nitrogens with one attached hydrogen (secondary N) is 1. The molecule has 176 valence electrons. The van der Waals surface area contributed by atoms with Crippen LogP contribution in [-0.4, -0.2) is 51.8 Å². The van der Waals surface area contributed by atoms with Crippen LogP contribution in [0, 0.1) is 0 Å². The van der Waals surface area contributed by atoms with E-state index in [9.17, 15) is 18.0 Å². The number of anilines is 1. The molecule has 0 unspecified atom stereocenters.